The Morgan fingerprint density at radius 2 is 1.56 bits per heavy atom. The summed E-state index contributed by atoms with van der Waals surface area (Å²) in [6.45, 7) is 4.23. The quantitative estimate of drug-likeness (QED) is 0.827. The van der Waals surface area contributed by atoms with E-state index in [-0.39, 0.29) is 11.8 Å². The van der Waals surface area contributed by atoms with Gasteiger partial charge in [-0.1, -0.05) is 0 Å². The predicted molar refractivity (Wildman–Crippen MR) is 105 cm³/mol. The van der Waals surface area contributed by atoms with Crippen LogP contribution in [0.5, 0.6) is 0 Å². The zero-order chi connectivity index (χ0) is 19.6. The van der Waals surface area contributed by atoms with E-state index >= 15 is 0 Å². The number of rotatable bonds is 3. The van der Waals surface area contributed by atoms with E-state index in [9.17, 15) is 9.59 Å². The van der Waals surface area contributed by atoms with Gasteiger partial charge in [0.15, 0.2) is 0 Å². The molecule has 2 heterocycles. The summed E-state index contributed by atoms with van der Waals surface area (Å²) < 4.78 is 1.66. The minimum atomic E-state index is -0.00904. The van der Waals surface area contributed by atoms with Crippen LogP contribution >= 0.6 is 0 Å². The molecular formula is C20H27N5O2. The van der Waals surface area contributed by atoms with Gasteiger partial charge in [0, 0.05) is 64.8 Å². The molecule has 144 valence electrons. The first-order chi connectivity index (χ1) is 12.9. The lowest BCUT2D eigenvalue weighted by molar-refractivity contribution is 0.0718. The van der Waals surface area contributed by atoms with Crippen LogP contribution in [0.1, 0.15) is 32.8 Å². The number of hydrogen-bond acceptors (Lipinski definition) is 4. The molecule has 7 nitrogen and oxygen atoms in total. The second-order valence-electron chi connectivity index (χ2n) is 7.18. The third-order valence-electron chi connectivity index (χ3n) is 4.94. The van der Waals surface area contributed by atoms with E-state index in [4.69, 9.17) is 0 Å². The highest BCUT2D eigenvalue weighted by Crippen LogP contribution is 2.16. The van der Waals surface area contributed by atoms with E-state index < -0.39 is 0 Å². The van der Waals surface area contributed by atoms with Gasteiger partial charge in [0.25, 0.3) is 11.8 Å². The highest BCUT2D eigenvalue weighted by atomic mass is 16.2. The number of aryl methyl sites for hydroxylation is 2. The summed E-state index contributed by atoms with van der Waals surface area (Å²) in [6.07, 6.45) is 2.53. The van der Waals surface area contributed by atoms with Gasteiger partial charge in [-0.25, -0.2) is 0 Å². The lowest BCUT2D eigenvalue weighted by Crippen LogP contribution is -2.37. The topological polar surface area (TPSA) is 61.7 Å². The smallest absolute Gasteiger partial charge is 0.257 e. The molecule has 1 aliphatic rings. The molecule has 0 N–H and O–H groups in total. The molecule has 2 amide bonds. The Morgan fingerprint density at radius 3 is 2.07 bits per heavy atom. The summed E-state index contributed by atoms with van der Waals surface area (Å²) in [7, 11) is 5.76. The average Bonchev–Trinajstić information content (AvgIpc) is 2.85. The van der Waals surface area contributed by atoms with E-state index in [1.807, 2.05) is 67.0 Å². The van der Waals surface area contributed by atoms with E-state index in [1.165, 1.54) is 0 Å². The maximum absolute atomic E-state index is 12.8. The predicted octanol–water partition coefficient (Wildman–Crippen LogP) is 1.78. The molecule has 0 spiro atoms. The van der Waals surface area contributed by atoms with Crippen molar-refractivity contribution in [2.75, 3.05) is 45.2 Å². The summed E-state index contributed by atoms with van der Waals surface area (Å²) in [5.74, 6) is 0.0115. The summed E-state index contributed by atoms with van der Waals surface area (Å²) in [4.78, 5) is 31.3. The molecule has 0 aliphatic carbocycles. The first-order valence-electron chi connectivity index (χ1n) is 9.23. The van der Waals surface area contributed by atoms with Crippen LogP contribution in [0.25, 0.3) is 0 Å². The van der Waals surface area contributed by atoms with Gasteiger partial charge < -0.3 is 14.7 Å². The van der Waals surface area contributed by atoms with Gasteiger partial charge in [0.05, 0.1) is 11.3 Å². The Morgan fingerprint density at radius 1 is 0.963 bits per heavy atom. The fourth-order valence-electron chi connectivity index (χ4n) is 3.39. The summed E-state index contributed by atoms with van der Waals surface area (Å²) in [5, 5.41) is 4.25. The van der Waals surface area contributed by atoms with Gasteiger partial charge in [0.2, 0.25) is 0 Å². The van der Waals surface area contributed by atoms with E-state index in [0.29, 0.717) is 37.3 Å². The largest absolute Gasteiger partial charge is 0.378 e. The summed E-state index contributed by atoms with van der Waals surface area (Å²) in [5.41, 5.74) is 3.12. The monoisotopic (exact) mass is 369 g/mol. The number of carbonyl (C=O) groups excluding carboxylic acids is 2. The molecule has 0 radical (unpaired) electrons. The fraction of sp³-hybridized carbons (Fsp3) is 0.450. The number of hydrogen-bond donors (Lipinski definition) is 0. The Labute approximate surface area is 160 Å². The van der Waals surface area contributed by atoms with Gasteiger partial charge in [-0.05, 0) is 37.6 Å². The maximum Gasteiger partial charge on any atom is 0.257 e. The van der Waals surface area contributed by atoms with Gasteiger partial charge in [-0.15, -0.1) is 0 Å². The zero-order valence-corrected chi connectivity index (χ0v) is 16.5. The number of amides is 2. The van der Waals surface area contributed by atoms with Crippen LogP contribution < -0.4 is 4.90 Å². The molecule has 3 rings (SSSR count). The molecule has 7 heteroatoms. The lowest BCUT2D eigenvalue weighted by Gasteiger charge is -2.22. The van der Waals surface area contributed by atoms with Crippen molar-refractivity contribution in [1.82, 2.24) is 19.6 Å². The fourth-order valence-corrected chi connectivity index (χ4v) is 3.39. The molecule has 0 atom stereocenters. The van der Waals surface area contributed by atoms with Gasteiger partial charge >= 0.3 is 0 Å². The average molecular weight is 369 g/mol. The molecule has 1 aliphatic heterocycles. The molecular weight excluding hydrogens is 342 g/mol. The highest BCUT2D eigenvalue weighted by Gasteiger charge is 2.25. The van der Waals surface area contributed by atoms with Gasteiger partial charge in [-0.3, -0.25) is 14.3 Å². The van der Waals surface area contributed by atoms with Crippen molar-refractivity contribution in [3.05, 3.63) is 47.3 Å². The van der Waals surface area contributed by atoms with Crippen LogP contribution in [0, 0.1) is 6.92 Å². The number of benzene rings is 1. The first kappa shape index (κ1) is 18.9. The van der Waals surface area contributed by atoms with Crippen molar-refractivity contribution in [2.24, 2.45) is 7.05 Å². The van der Waals surface area contributed by atoms with Crippen molar-refractivity contribution in [1.29, 1.82) is 0 Å². The summed E-state index contributed by atoms with van der Waals surface area (Å²) >= 11 is 0. The van der Waals surface area contributed by atoms with Crippen LogP contribution in [0.2, 0.25) is 0 Å². The Hall–Kier alpha value is -2.83. The van der Waals surface area contributed by atoms with E-state index in [0.717, 1.165) is 17.8 Å². The molecule has 0 bridgehead atoms. The second kappa shape index (κ2) is 7.82. The summed E-state index contributed by atoms with van der Waals surface area (Å²) in [6, 6.07) is 7.63. The lowest BCUT2D eigenvalue weighted by atomic mass is 10.1. The van der Waals surface area contributed by atoms with Crippen LogP contribution in [0.15, 0.2) is 30.5 Å². The molecule has 0 saturated carbocycles. The third-order valence-corrected chi connectivity index (χ3v) is 4.94. The zero-order valence-electron chi connectivity index (χ0n) is 16.5. The van der Waals surface area contributed by atoms with Gasteiger partial charge in [-0.2, -0.15) is 5.10 Å². The molecule has 2 aromatic rings. The molecule has 27 heavy (non-hydrogen) atoms. The Balaban J connectivity index is 1.66. The number of anilines is 1. The third kappa shape index (κ3) is 4.13. The van der Waals surface area contributed by atoms with Crippen LogP contribution in [-0.4, -0.2) is 71.7 Å². The molecule has 1 saturated heterocycles. The number of nitrogens with zero attached hydrogens (tertiary/aromatic N) is 5. The molecule has 1 aromatic carbocycles. The number of carbonyl (C=O) groups is 2. The Kier molecular flexibility index (Phi) is 5.48. The van der Waals surface area contributed by atoms with Crippen molar-refractivity contribution < 1.29 is 9.59 Å². The van der Waals surface area contributed by atoms with Crippen LogP contribution in [-0.2, 0) is 7.05 Å². The minimum Gasteiger partial charge on any atom is -0.378 e. The molecule has 1 aromatic heterocycles. The van der Waals surface area contributed by atoms with Crippen LogP contribution in [0.3, 0.4) is 0 Å². The molecule has 1 fully saturated rings. The molecule has 0 unspecified atom stereocenters. The van der Waals surface area contributed by atoms with E-state index in [2.05, 4.69) is 5.10 Å². The van der Waals surface area contributed by atoms with Crippen LogP contribution in [0.4, 0.5) is 5.69 Å². The van der Waals surface area contributed by atoms with Crippen molar-refractivity contribution in [3.8, 4) is 0 Å². The van der Waals surface area contributed by atoms with Gasteiger partial charge in [0.1, 0.15) is 0 Å². The number of aromatic nitrogens is 2. The SMILES string of the molecule is Cc1nn(C)cc1C(=O)N1CCCN(C(=O)c2ccc(N(C)C)cc2)CC1. The standard InChI is InChI=1S/C20H27N5O2/c1-15-18(14-23(4)21-15)20(27)25-11-5-10-24(12-13-25)19(26)16-6-8-17(9-7-16)22(2)3/h6-9,14H,5,10-13H2,1-4H3. The highest BCUT2D eigenvalue weighted by molar-refractivity contribution is 5.96. The minimum absolute atomic E-state index is 0.00904. The van der Waals surface area contributed by atoms with Crippen molar-refractivity contribution >= 4 is 17.5 Å². The Bertz CT molecular complexity index is 825. The van der Waals surface area contributed by atoms with Crippen molar-refractivity contribution in [2.45, 2.75) is 13.3 Å². The van der Waals surface area contributed by atoms with Crippen molar-refractivity contribution in [3.63, 3.8) is 0 Å². The maximum atomic E-state index is 12.8. The second-order valence-corrected chi connectivity index (χ2v) is 7.18. The normalized spacial score (nSPS) is 14.8. The first-order valence-corrected chi connectivity index (χ1v) is 9.23. The van der Waals surface area contributed by atoms with E-state index in [1.54, 1.807) is 10.9 Å².